The molecule has 0 spiro atoms. The van der Waals surface area contributed by atoms with Crippen molar-refractivity contribution < 1.29 is 4.74 Å². The summed E-state index contributed by atoms with van der Waals surface area (Å²) in [6, 6.07) is 3.54. The third-order valence-electron chi connectivity index (χ3n) is 2.67. The molecule has 1 fully saturated rings. The van der Waals surface area contributed by atoms with E-state index in [2.05, 4.69) is 0 Å². The van der Waals surface area contributed by atoms with Crippen molar-refractivity contribution in [2.24, 2.45) is 5.73 Å². The summed E-state index contributed by atoms with van der Waals surface area (Å²) < 4.78 is 5.56. The smallest absolute Gasteiger partial charge is 0.122 e. The number of rotatable bonds is 3. The lowest BCUT2D eigenvalue weighted by Crippen LogP contribution is -2.29. The second kappa shape index (κ2) is 5.01. The molecule has 1 aromatic rings. The zero-order valence-electron chi connectivity index (χ0n) is 8.93. The monoisotopic (exact) mass is 281 g/mol. The van der Waals surface area contributed by atoms with Crippen molar-refractivity contribution in [1.29, 1.82) is 0 Å². The minimum Gasteiger partial charge on any atom is -0.492 e. The molecule has 1 aromatic carbocycles. The van der Waals surface area contributed by atoms with Gasteiger partial charge in [-0.15, -0.1) is 12.4 Å². The molecule has 0 aromatic heterocycles. The van der Waals surface area contributed by atoms with E-state index < -0.39 is 0 Å². The van der Waals surface area contributed by atoms with Gasteiger partial charge >= 0.3 is 0 Å². The Morgan fingerprint density at radius 2 is 1.81 bits per heavy atom. The molecular formula is C11H14Cl3NO. The summed E-state index contributed by atoms with van der Waals surface area (Å²) in [5, 5.41) is 1.25. The third-order valence-corrected chi connectivity index (χ3v) is 3.46. The van der Waals surface area contributed by atoms with Crippen molar-refractivity contribution in [3.05, 3.63) is 27.7 Å². The Morgan fingerprint density at radius 1 is 1.31 bits per heavy atom. The topological polar surface area (TPSA) is 35.2 Å². The average molecular weight is 283 g/mol. The molecule has 0 saturated heterocycles. The Labute approximate surface area is 111 Å². The molecule has 0 heterocycles. The zero-order valence-corrected chi connectivity index (χ0v) is 11.3. The normalized spacial score (nSPS) is 16.5. The summed E-state index contributed by atoms with van der Waals surface area (Å²) in [7, 11) is 0. The number of nitrogens with two attached hydrogens (primary N) is 1. The largest absolute Gasteiger partial charge is 0.492 e. The third kappa shape index (κ3) is 3.17. The molecule has 0 atom stereocenters. The van der Waals surface area contributed by atoms with E-state index >= 15 is 0 Å². The zero-order chi connectivity index (χ0) is 11.1. The summed E-state index contributed by atoms with van der Waals surface area (Å²) in [5.74, 6) is 0.687. The average Bonchev–Trinajstić information content (AvgIpc) is 2.90. The maximum atomic E-state index is 5.99. The van der Waals surface area contributed by atoms with E-state index in [1.165, 1.54) is 0 Å². The second-order valence-corrected chi connectivity index (χ2v) is 4.98. The Balaban J connectivity index is 0.00000128. The van der Waals surface area contributed by atoms with E-state index in [-0.39, 0.29) is 17.9 Å². The van der Waals surface area contributed by atoms with E-state index in [9.17, 15) is 0 Å². The van der Waals surface area contributed by atoms with Crippen LogP contribution < -0.4 is 10.5 Å². The summed E-state index contributed by atoms with van der Waals surface area (Å²) >= 11 is 12.0. The predicted octanol–water partition coefficient (Wildman–Crippen LogP) is 3.59. The quantitative estimate of drug-likeness (QED) is 0.919. The van der Waals surface area contributed by atoms with Gasteiger partial charge in [-0.1, -0.05) is 23.2 Å². The summed E-state index contributed by atoms with van der Waals surface area (Å²) in [5.41, 5.74) is 6.66. The van der Waals surface area contributed by atoms with Crippen molar-refractivity contribution in [1.82, 2.24) is 0 Å². The van der Waals surface area contributed by atoms with Crippen molar-refractivity contribution in [2.45, 2.75) is 25.3 Å². The molecular weight excluding hydrogens is 268 g/mol. The van der Waals surface area contributed by atoms with E-state index in [1.54, 1.807) is 12.1 Å². The van der Waals surface area contributed by atoms with E-state index in [4.69, 9.17) is 33.7 Å². The van der Waals surface area contributed by atoms with Crippen LogP contribution in [0.3, 0.4) is 0 Å². The fourth-order valence-corrected chi connectivity index (χ4v) is 1.70. The van der Waals surface area contributed by atoms with Gasteiger partial charge in [0, 0.05) is 10.0 Å². The molecule has 0 unspecified atom stereocenters. The van der Waals surface area contributed by atoms with Crippen LogP contribution in [0, 0.1) is 6.92 Å². The molecule has 0 bridgehead atoms. The molecule has 1 saturated carbocycles. The first kappa shape index (κ1) is 13.9. The number of hydrogen-bond acceptors (Lipinski definition) is 2. The first-order valence-corrected chi connectivity index (χ1v) is 5.63. The van der Waals surface area contributed by atoms with Gasteiger partial charge in [0.15, 0.2) is 0 Å². The van der Waals surface area contributed by atoms with E-state index in [1.807, 2.05) is 6.92 Å². The van der Waals surface area contributed by atoms with Crippen LogP contribution in [0.4, 0.5) is 0 Å². The van der Waals surface area contributed by atoms with Gasteiger partial charge in [-0.25, -0.2) is 0 Å². The minimum atomic E-state index is -0.121. The molecule has 2 N–H and O–H groups in total. The minimum absolute atomic E-state index is 0. The lowest BCUT2D eigenvalue weighted by Gasteiger charge is -2.12. The lowest BCUT2D eigenvalue weighted by atomic mass is 10.2. The Morgan fingerprint density at radius 3 is 2.25 bits per heavy atom. The van der Waals surface area contributed by atoms with Gasteiger partial charge < -0.3 is 10.5 Å². The van der Waals surface area contributed by atoms with Crippen LogP contribution in [-0.4, -0.2) is 12.1 Å². The number of benzene rings is 1. The second-order valence-electron chi connectivity index (χ2n) is 4.16. The maximum Gasteiger partial charge on any atom is 0.122 e. The summed E-state index contributed by atoms with van der Waals surface area (Å²) in [6.07, 6.45) is 2.06. The SMILES string of the molecule is Cc1c(Cl)cc(OCC2(N)CC2)cc1Cl.Cl. The highest BCUT2D eigenvalue weighted by Gasteiger charge is 2.39. The number of halogens is 3. The van der Waals surface area contributed by atoms with Crippen LogP contribution in [0.1, 0.15) is 18.4 Å². The van der Waals surface area contributed by atoms with Crippen molar-refractivity contribution >= 4 is 35.6 Å². The molecule has 0 aliphatic heterocycles. The van der Waals surface area contributed by atoms with Crippen molar-refractivity contribution in [3.63, 3.8) is 0 Å². The van der Waals surface area contributed by atoms with Crippen LogP contribution in [0.25, 0.3) is 0 Å². The van der Waals surface area contributed by atoms with Gasteiger partial charge in [0.25, 0.3) is 0 Å². The first-order chi connectivity index (χ1) is 7.00. The molecule has 0 amide bonds. The van der Waals surface area contributed by atoms with Crippen LogP contribution >= 0.6 is 35.6 Å². The van der Waals surface area contributed by atoms with Crippen molar-refractivity contribution in [3.8, 4) is 5.75 Å². The molecule has 5 heteroatoms. The summed E-state index contributed by atoms with van der Waals surface area (Å²) in [6.45, 7) is 2.41. The molecule has 2 rings (SSSR count). The molecule has 1 aliphatic carbocycles. The fraction of sp³-hybridized carbons (Fsp3) is 0.455. The van der Waals surface area contributed by atoms with Gasteiger partial charge in [0.05, 0.1) is 5.54 Å². The molecule has 2 nitrogen and oxygen atoms in total. The van der Waals surface area contributed by atoms with Crippen LogP contribution in [0.5, 0.6) is 5.75 Å². The fourth-order valence-electron chi connectivity index (χ4n) is 1.24. The van der Waals surface area contributed by atoms with Gasteiger partial charge in [-0.05, 0) is 37.5 Å². The summed E-state index contributed by atoms with van der Waals surface area (Å²) in [4.78, 5) is 0. The van der Waals surface area contributed by atoms with Gasteiger partial charge in [-0.2, -0.15) is 0 Å². The van der Waals surface area contributed by atoms with Gasteiger partial charge in [-0.3, -0.25) is 0 Å². The predicted molar refractivity (Wildman–Crippen MR) is 70.1 cm³/mol. The Kier molecular flexibility index (Phi) is 4.35. The maximum absolute atomic E-state index is 5.99. The van der Waals surface area contributed by atoms with E-state index in [0.29, 0.717) is 22.4 Å². The van der Waals surface area contributed by atoms with Crippen LogP contribution in [-0.2, 0) is 0 Å². The molecule has 16 heavy (non-hydrogen) atoms. The number of ether oxygens (including phenoxy) is 1. The number of hydrogen-bond donors (Lipinski definition) is 1. The highest BCUT2D eigenvalue weighted by atomic mass is 35.5. The highest BCUT2D eigenvalue weighted by Crippen LogP contribution is 2.34. The molecule has 1 aliphatic rings. The molecule has 90 valence electrons. The van der Waals surface area contributed by atoms with Crippen molar-refractivity contribution in [2.75, 3.05) is 6.61 Å². The Bertz CT molecular complexity index is 368. The molecule has 0 radical (unpaired) electrons. The Hall–Kier alpha value is -0.150. The van der Waals surface area contributed by atoms with Crippen LogP contribution in [0.2, 0.25) is 10.0 Å². The highest BCUT2D eigenvalue weighted by molar-refractivity contribution is 6.36. The van der Waals surface area contributed by atoms with E-state index in [0.717, 1.165) is 18.4 Å². The first-order valence-electron chi connectivity index (χ1n) is 4.87. The standard InChI is InChI=1S/C11H13Cl2NO.ClH/c1-7-9(12)4-8(5-10(7)13)15-6-11(14)2-3-11;/h4-5H,2-3,6,14H2,1H3;1H. The van der Waals surface area contributed by atoms with Gasteiger partial charge in [0.1, 0.15) is 12.4 Å². The lowest BCUT2D eigenvalue weighted by molar-refractivity contribution is 0.279. The van der Waals surface area contributed by atoms with Gasteiger partial charge in [0.2, 0.25) is 0 Å². The van der Waals surface area contributed by atoms with Crippen LogP contribution in [0.15, 0.2) is 12.1 Å².